The molecule has 2 nitrogen and oxygen atoms in total. The lowest BCUT2D eigenvalue weighted by Gasteiger charge is -2.26. The second-order valence-electron chi connectivity index (χ2n) is 15.3. The zero-order valence-electron chi connectivity index (χ0n) is 32.9. The van der Waals surface area contributed by atoms with Crippen molar-refractivity contribution in [3.05, 3.63) is 237 Å². The van der Waals surface area contributed by atoms with Gasteiger partial charge < -0.3 is 9.32 Å². The van der Waals surface area contributed by atoms with E-state index in [1.807, 2.05) is 6.07 Å². The van der Waals surface area contributed by atoms with Crippen molar-refractivity contribution < 1.29 is 4.42 Å². The lowest BCUT2D eigenvalue weighted by atomic mass is 9.96. The van der Waals surface area contributed by atoms with Gasteiger partial charge in [-0.05, 0) is 109 Å². The molecule has 11 aromatic rings. The van der Waals surface area contributed by atoms with Crippen LogP contribution < -0.4 is 4.90 Å². The van der Waals surface area contributed by atoms with E-state index in [4.69, 9.17) is 4.42 Å². The van der Waals surface area contributed by atoms with Crippen LogP contribution in [0.15, 0.2) is 241 Å². The molecule has 282 valence electrons. The fraction of sp³-hybridized carbons (Fsp3) is 0. The van der Waals surface area contributed by atoms with Crippen LogP contribution in [0.5, 0.6) is 0 Å². The standard InChI is InChI=1S/C58H39NO/c1-2-16-44(17-3-1)57-55-26-8-9-29-56(55)60-58(57)47-22-10-20-45(38-47)40-30-34-48(35-31-40)59(49-36-32-43(33-37-49)53-27-12-18-41-14-4-6-24-51(41)53)50-23-11-21-46(39-50)54-28-13-19-42-15-5-7-25-52(42)54/h1-39H. The molecule has 0 bridgehead atoms. The molecule has 0 saturated carbocycles. The van der Waals surface area contributed by atoms with Gasteiger partial charge >= 0.3 is 0 Å². The zero-order valence-corrected chi connectivity index (χ0v) is 32.9. The maximum atomic E-state index is 6.60. The predicted octanol–water partition coefficient (Wildman–Crippen LogP) is 16.5. The summed E-state index contributed by atoms with van der Waals surface area (Å²) in [6.07, 6.45) is 0. The summed E-state index contributed by atoms with van der Waals surface area (Å²) in [6, 6.07) is 84.7. The molecule has 0 atom stereocenters. The molecule has 0 aliphatic carbocycles. The van der Waals surface area contributed by atoms with Crippen molar-refractivity contribution in [2.75, 3.05) is 4.90 Å². The van der Waals surface area contributed by atoms with Crippen LogP contribution in [-0.4, -0.2) is 0 Å². The predicted molar refractivity (Wildman–Crippen MR) is 253 cm³/mol. The summed E-state index contributed by atoms with van der Waals surface area (Å²) in [5.41, 5.74) is 14.5. The highest BCUT2D eigenvalue weighted by molar-refractivity contribution is 6.02. The summed E-state index contributed by atoms with van der Waals surface area (Å²) in [4.78, 5) is 2.36. The first-order valence-electron chi connectivity index (χ1n) is 20.5. The van der Waals surface area contributed by atoms with Crippen LogP contribution in [0.1, 0.15) is 0 Å². The Labute approximate surface area is 349 Å². The van der Waals surface area contributed by atoms with Crippen LogP contribution in [0.3, 0.4) is 0 Å². The Hall–Kier alpha value is -7.94. The molecule has 11 rings (SSSR count). The van der Waals surface area contributed by atoms with Gasteiger partial charge in [-0.25, -0.2) is 0 Å². The molecule has 0 N–H and O–H groups in total. The molecule has 0 amide bonds. The van der Waals surface area contributed by atoms with Gasteiger partial charge in [-0.15, -0.1) is 0 Å². The molecule has 10 aromatic carbocycles. The van der Waals surface area contributed by atoms with Gasteiger partial charge in [-0.1, -0.05) is 188 Å². The van der Waals surface area contributed by atoms with E-state index < -0.39 is 0 Å². The number of hydrogen-bond acceptors (Lipinski definition) is 2. The second kappa shape index (κ2) is 15.1. The Balaban J connectivity index is 0.995. The number of para-hydroxylation sites is 1. The van der Waals surface area contributed by atoms with Gasteiger partial charge in [0.25, 0.3) is 0 Å². The molecule has 0 aliphatic heterocycles. The molecule has 60 heavy (non-hydrogen) atoms. The van der Waals surface area contributed by atoms with E-state index in [0.29, 0.717) is 0 Å². The highest BCUT2D eigenvalue weighted by atomic mass is 16.3. The Bertz CT molecular complexity index is 3290. The van der Waals surface area contributed by atoms with Crippen LogP contribution in [-0.2, 0) is 0 Å². The van der Waals surface area contributed by atoms with Gasteiger partial charge in [0, 0.05) is 33.6 Å². The first-order chi connectivity index (χ1) is 29.7. The van der Waals surface area contributed by atoms with Crippen molar-refractivity contribution in [1.29, 1.82) is 0 Å². The molecule has 0 unspecified atom stereocenters. The fourth-order valence-electron chi connectivity index (χ4n) is 8.79. The summed E-state index contributed by atoms with van der Waals surface area (Å²) in [6.45, 7) is 0. The Morgan fingerprint density at radius 3 is 1.48 bits per heavy atom. The van der Waals surface area contributed by atoms with Crippen molar-refractivity contribution in [2.45, 2.75) is 0 Å². The number of fused-ring (bicyclic) bond motifs is 3. The van der Waals surface area contributed by atoms with Crippen LogP contribution in [0.4, 0.5) is 17.1 Å². The van der Waals surface area contributed by atoms with E-state index in [0.717, 1.165) is 61.6 Å². The third-order valence-corrected chi connectivity index (χ3v) is 11.7. The van der Waals surface area contributed by atoms with Crippen molar-refractivity contribution in [1.82, 2.24) is 0 Å². The Kier molecular flexibility index (Phi) is 8.87. The molecule has 0 spiro atoms. The van der Waals surface area contributed by atoms with E-state index in [2.05, 4.69) is 235 Å². The number of hydrogen-bond donors (Lipinski definition) is 0. The first kappa shape index (κ1) is 35.2. The molecular formula is C58H39NO. The molecular weight excluding hydrogens is 727 g/mol. The van der Waals surface area contributed by atoms with Crippen LogP contribution in [0.2, 0.25) is 0 Å². The van der Waals surface area contributed by atoms with Crippen molar-refractivity contribution >= 4 is 49.6 Å². The third-order valence-electron chi connectivity index (χ3n) is 11.7. The lowest BCUT2D eigenvalue weighted by molar-refractivity contribution is 0.632. The lowest BCUT2D eigenvalue weighted by Crippen LogP contribution is -2.10. The number of furan rings is 1. The smallest absolute Gasteiger partial charge is 0.143 e. The van der Waals surface area contributed by atoms with E-state index >= 15 is 0 Å². The highest BCUT2D eigenvalue weighted by Gasteiger charge is 2.19. The number of rotatable bonds is 8. The van der Waals surface area contributed by atoms with Crippen LogP contribution in [0.25, 0.3) is 88.3 Å². The quantitative estimate of drug-likeness (QED) is 0.153. The first-order valence-corrected chi connectivity index (χ1v) is 20.5. The summed E-state index contributed by atoms with van der Waals surface area (Å²) >= 11 is 0. The highest BCUT2D eigenvalue weighted by Crippen LogP contribution is 2.43. The van der Waals surface area contributed by atoms with Gasteiger partial charge in [0.05, 0.1) is 0 Å². The average Bonchev–Trinajstić information content (AvgIpc) is 3.72. The van der Waals surface area contributed by atoms with E-state index in [1.165, 1.54) is 43.8 Å². The van der Waals surface area contributed by atoms with Gasteiger partial charge in [-0.2, -0.15) is 0 Å². The molecule has 2 heteroatoms. The molecule has 0 saturated heterocycles. The summed E-state index contributed by atoms with van der Waals surface area (Å²) in [5.74, 6) is 0.880. The monoisotopic (exact) mass is 765 g/mol. The summed E-state index contributed by atoms with van der Waals surface area (Å²) in [5, 5.41) is 6.09. The van der Waals surface area contributed by atoms with E-state index in [1.54, 1.807) is 0 Å². The zero-order chi connectivity index (χ0) is 39.8. The fourth-order valence-corrected chi connectivity index (χ4v) is 8.79. The average molecular weight is 766 g/mol. The van der Waals surface area contributed by atoms with Gasteiger partial charge in [0.1, 0.15) is 11.3 Å². The second-order valence-corrected chi connectivity index (χ2v) is 15.3. The SMILES string of the molecule is c1ccc(-c2c(-c3cccc(-c4ccc(N(c5ccc(-c6cccc7ccccc67)cc5)c5cccc(-c6cccc7ccccc67)c5)cc4)c3)oc3ccccc23)cc1. The number of nitrogens with zero attached hydrogens (tertiary/aromatic N) is 1. The molecule has 0 radical (unpaired) electrons. The number of benzene rings is 10. The van der Waals surface area contributed by atoms with Crippen LogP contribution in [0, 0.1) is 0 Å². The Morgan fingerprint density at radius 2 is 0.783 bits per heavy atom. The third kappa shape index (κ3) is 6.41. The maximum absolute atomic E-state index is 6.60. The summed E-state index contributed by atoms with van der Waals surface area (Å²) < 4.78 is 6.60. The van der Waals surface area contributed by atoms with Gasteiger partial charge in [-0.3, -0.25) is 0 Å². The minimum absolute atomic E-state index is 0.880. The van der Waals surface area contributed by atoms with Gasteiger partial charge in [0.2, 0.25) is 0 Å². The minimum Gasteiger partial charge on any atom is -0.455 e. The van der Waals surface area contributed by atoms with Crippen molar-refractivity contribution in [2.24, 2.45) is 0 Å². The van der Waals surface area contributed by atoms with Crippen molar-refractivity contribution in [3.8, 4) is 55.8 Å². The Morgan fingerprint density at radius 1 is 0.283 bits per heavy atom. The van der Waals surface area contributed by atoms with E-state index in [-0.39, 0.29) is 0 Å². The minimum atomic E-state index is 0.880. The molecule has 0 fully saturated rings. The molecule has 1 aromatic heterocycles. The molecule has 0 aliphatic rings. The van der Waals surface area contributed by atoms with Gasteiger partial charge in [0.15, 0.2) is 0 Å². The van der Waals surface area contributed by atoms with E-state index in [9.17, 15) is 0 Å². The van der Waals surface area contributed by atoms with Crippen molar-refractivity contribution in [3.63, 3.8) is 0 Å². The molecule has 1 heterocycles. The topological polar surface area (TPSA) is 16.4 Å². The normalized spacial score (nSPS) is 11.3. The largest absolute Gasteiger partial charge is 0.455 e. The maximum Gasteiger partial charge on any atom is 0.143 e. The summed E-state index contributed by atoms with van der Waals surface area (Å²) in [7, 11) is 0. The number of anilines is 3. The van der Waals surface area contributed by atoms with Crippen LogP contribution >= 0.6 is 0 Å².